The number of hydrogen-bond acceptors (Lipinski definition) is 4. The quantitative estimate of drug-likeness (QED) is 0.725. The Bertz CT molecular complexity index is 387. The van der Waals surface area contributed by atoms with Crippen LogP contribution >= 0.6 is 0 Å². The number of fused-ring (bicyclic) bond motifs is 1. The van der Waals surface area contributed by atoms with Crippen LogP contribution in [0.4, 0.5) is 0 Å². The molecule has 5 heteroatoms. The van der Waals surface area contributed by atoms with E-state index in [0.29, 0.717) is 30.0 Å². The first-order chi connectivity index (χ1) is 7.94. The molecule has 3 unspecified atom stereocenters. The van der Waals surface area contributed by atoms with Crippen LogP contribution in [0.3, 0.4) is 0 Å². The fourth-order valence-corrected chi connectivity index (χ4v) is 3.61. The summed E-state index contributed by atoms with van der Waals surface area (Å²) in [6.45, 7) is 0.288. The van der Waals surface area contributed by atoms with Gasteiger partial charge in [0.25, 0.3) is 10.1 Å². The summed E-state index contributed by atoms with van der Waals surface area (Å²) in [5, 5.41) is 0. The van der Waals surface area contributed by atoms with Crippen molar-refractivity contribution in [3.05, 3.63) is 0 Å². The molecule has 4 nitrogen and oxygen atoms in total. The summed E-state index contributed by atoms with van der Waals surface area (Å²) in [7, 11) is -3.33. The summed E-state index contributed by atoms with van der Waals surface area (Å²) in [5.74, 6) is 1.83. The van der Waals surface area contributed by atoms with Crippen LogP contribution in [0, 0.1) is 17.8 Å². The van der Waals surface area contributed by atoms with Crippen molar-refractivity contribution in [2.75, 3.05) is 12.9 Å². The highest BCUT2D eigenvalue weighted by atomic mass is 32.2. The molecule has 17 heavy (non-hydrogen) atoms. The predicted octanol–water partition coefficient (Wildman–Crippen LogP) is 1.75. The molecular formula is C12H20O4S. The topological polar surface area (TPSA) is 60.4 Å². The Morgan fingerprint density at radius 2 is 2.00 bits per heavy atom. The van der Waals surface area contributed by atoms with E-state index in [-0.39, 0.29) is 6.61 Å². The van der Waals surface area contributed by atoms with Crippen LogP contribution in [0.5, 0.6) is 0 Å². The Hall–Kier alpha value is -0.420. The van der Waals surface area contributed by atoms with Crippen molar-refractivity contribution in [2.24, 2.45) is 17.8 Å². The fraction of sp³-hybridized carbons (Fsp3) is 0.917. The van der Waals surface area contributed by atoms with E-state index in [1.54, 1.807) is 0 Å². The fourth-order valence-electron chi connectivity index (χ4n) is 3.17. The SMILES string of the molecule is CS(=O)(=O)OCC1CCC2CCC(=O)CC2C1. The van der Waals surface area contributed by atoms with E-state index in [1.165, 1.54) is 0 Å². The van der Waals surface area contributed by atoms with Gasteiger partial charge in [-0.2, -0.15) is 8.42 Å². The summed E-state index contributed by atoms with van der Waals surface area (Å²) in [6.07, 6.45) is 6.66. The number of hydrogen-bond donors (Lipinski definition) is 0. The van der Waals surface area contributed by atoms with Crippen molar-refractivity contribution in [2.45, 2.75) is 38.5 Å². The van der Waals surface area contributed by atoms with Crippen LogP contribution < -0.4 is 0 Å². The summed E-state index contributed by atoms with van der Waals surface area (Å²) in [6, 6.07) is 0. The van der Waals surface area contributed by atoms with Crippen molar-refractivity contribution >= 4 is 15.9 Å². The van der Waals surface area contributed by atoms with E-state index in [0.717, 1.165) is 38.4 Å². The molecular weight excluding hydrogens is 240 g/mol. The van der Waals surface area contributed by atoms with Gasteiger partial charge in [0.05, 0.1) is 12.9 Å². The summed E-state index contributed by atoms with van der Waals surface area (Å²) >= 11 is 0. The molecule has 0 saturated heterocycles. The number of carbonyl (C=O) groups is 1. The Balaban J connectivity index is 1.85. The third-order valence-electron chi connectivity index (χ3n) is 4.05. The molecule has 0 aromatic rings. The molecule has 0 bridgehead atoms. The number of rotatable bonds is 3. The average molecular weight is 260 g/mol. The van der Waals surface area contributed by atoms with Crippen molar-refractivity contribution in [3.63, 3.8) is 0 Å². The molecule has 2 rings (SSSR count). The molecule has 0 heterocycles. The molecule has 2 fully saturated rings. The zero-order valence-corrected chi connectivity index (χ0v) is 11.0. The molecule has 98 valence electrons. The molecule has 2 saturated carbocycles. The van der Waals surface area contributed by atoms with E-state index in [2.05, 4.69) is 0 Å². The molecule has 2 aliphatic rings. The lowest BCUT2D eigenvalue weighted by Gasteiger charge is -2.38. The van der Waals surface area contributed by atoms with Gasteiger partial charge < -0.3 is 0 Å². The van der Waals surface area contributed by atoms with Crippen LogP contribution in [-0.2, 0) is 19.1 Å². The maximum Gasteiger partial charge on any atom is 0.264 e. The molecule has 0 aromatic heterocycles. The van der Waals surface area contributed by atoms with Crippen molar-refractivity contribution in [1.29, 1.82) is 0 Å². The smallest absolute Gasteiger partial charge is 0.264 e. The van der Waals surface area contributed by atoms with Crippen LogP contribution in [0.2, 0.25) is 0 Å². The second-order valence-corrected chi connectivity index (χ2v) is 7.11. The zero-order valence-electron chi connectivity index (χ0n) is 10.2. The van der Waals surface area contributed by atoms with Crippen LogP contribution in [-0.4, -0.2) is 27.1 Å². The molecule has 0 radical (unpaired) electrons. The molecule has 0 spiro atoms. The summed E-state index contributed by atoms with van der Waals surface area (Å²) in [5.41, 5.74) is 0. The summed E-state index contributed by atoms with van der Waals surface area (Å²) < 4.78 is 26.7. The maximum atomic E-state index is 11.4. The number of carbonyl (C=O) groups excluding carboxylic acids is 1. The predicted molar refractivity (Wildman–Crippen MR) is 64.0 cm³/mol. The molecule has 0 aliphatic heterocycles. The van der Waals surface area contributed by atoms with Crippen molar-refractivity contribution in [1.82, 2.24) is 0 Å². The Kier molecular flexibility index (Phi) is 3.88. The molecule has 0 aromatic carbocycles. The number of Topliss-reactive ketones (excluding diaryl/α,β-unsaturated/α-hetero) is 1. The van der Waals surface area contributed by atoms with Gasteiger partial charge in [0, 0.05) is 12.8 Å². The standard InChI is InChI=1S/C12H20O4S/c1-17(14,15)16-8-9-2-3-10-4-5-12(13)7-11(10)6-9/h9-11H,2-8H2,1H3. The van der Waals surface area contributed by atoms with Crippen LogP contribution in [0.1, 0.15) is 38.5 Å². The Morgan fingerprint density at radius 1 is 1.24 bits per heavy atom. The van der Waals surface area contributed by atoms with E-state index in [9.17, 15) is 13.2 Å². The van der Waals surface area contributed by atoms with Gasteiger partial charge in [-0.15, -0.1) is 0 Å². The number of ketones is 1. The lowest BCUT2D eigenvalue weighted by atomic mass is 9.67. The minimum Gasteiger partial charge on any atom is -0.300 e. The first-order valence-electron chi connectivity index (χ1n) is 6.30. The lowest BCUT2D eigenvalue weighted by Crippen LogP contribution is -2.32. The highest BCUT2D eigenvalue weighted by molar-refractivity contribution is 7.85. The highest BCUT2D eigenvalue weighted by Gasteiger charge is 2.35. The second-order valence-electron chi connectivity index (χ2n) is 5.47. The van der Waals surface area contributed by atoms with E-state index >= 15 is 0 Å². The van der Waals surface area contributed by atoms with Gasteiger partial charge in [-0.25, -0.2) is 0 Å². The molecule has 2 aliphatic carbocycles. The lowest BCUT2D eigenvalue weighted by molar-refractivity contribution is -0.123. The van der Waals surface area contributed by atoms with Crippen LogP contribution in [0.25, 0.3) is 0 Å². The second kappa shape index (κ2) is 5.06. The van der Waals surface area contributed by atoms with Gasteiger partial charge in [0.2, 0.25) is 0 Å². The third kappa shape index (κ3) is 3.78. The normalized spacial score (nSPS) is 34.4. The third-order valence-corrected chi connectivity index (χ3v) is 4.61. The Labute approximate surface area is 103 Å². The first-order valence-corrected chi connectivity index (χ1v) is 8.12. The van der Waals surface area contributed by atoms with E-state index < -0.39 is 10.1 Å². The van der Waals surface area contributed by atoms with Gasteiger partial charge in [-0.3, -0.25) is 8.98 Å². The van der Waals surface area contributed by atoms with Crippen molar-refractivity contribution < 1.29 is 17.4 Å². The van der Waals surface area contributed by atoms with Crippen LogP contribution in [0.15, 0.2) is 0 Å². The van der Waals surface area contributed by atoms with Crippen molar-refractivity contribution in [3.8, 4) is 0 Å². The molecule has 0 N–H and O–H groups in total. The van der Waals surface area contributed by atoms with Gasteiger partial charge >= 0.3 is 0 Å². The average Bonchev–Trinajstić information content (AvgIpc) is 2.24. The van der Waals surface area contributed by atoms with Gasteiger partial charge in [0.15, 0.2) is 0 Å². The Morgan fingerprint density at radius 3 is 2.71 bits per heavy atom. The molecule has 3 atom stereocenters. The largest absolute Gasteiger partial charge is 0.300 e. The van der Waals surface area contributed by atoms with E-state index in [4.69, 9.17) is 4.18 Å². The van der Waals surface area contributed by atoms with Gasteiger partial charge in [0.1, 0.15) is 5.78 Å². The summed E-state index contributed by atoms with van der Waals surface area (Å²) in [4.78, 5) is 11.4. The van der Waals surface area contributed by atoms with Gasteiger partial charge in [-0.1, -0.05) is 0 Å². The molecule has 0 amide bonds. The monoisotopic (exact) mass is 260 g/mol. The van der Waals surface area contributed by atoms with E-state index in [1.807, 2.05) is 0 Å². The maximum absolute atomic E-state index is 11.4. The minimum atomic E-state index is -3.33. The first kappa shape index (κ1) is 13.0. The van der Waals surface area contributed by atoms with Gasteiger partial charge in [-0.05, 0) is 43.4 Å². The zero-order chi connectivity index (χ0) is 12.5. The minimum absolute atomic E-state index is 0.288. The highest BCUT2D eigenvalue weighted by Crippen LogP contribution is 2.41.